The predicted octanol–water partition coefficient (Wildman–Crippen LogP) is 2.75. The molecule has 1 fully saturated rings. The molecule has 0 atom stereocenters. The first-order valence-electron chi connectivity index (χ1n) is 8.18. The van der Waals surface area contributed by atoms with Crippen LogP contribution in [0.1, 0.15) is 30.1 Å². The smallest absolute Gasteiger partial charge is 0.123 e. The van der Waals surface area contributed by atoms with Crippen LogP contribution in [0.3, 0.4) is 0 Å². The van der Waals surface area contributed by atoms with Crippen molar-refractivity contribution < 1.29 is 18.4 Å². The monoisotopic (exact) mass is 318 g/mol. The summed E-state index contributed by atoms with van der Waals surface area (Å²) in [7, 11) is 0. The number of hydrogen-bond acceptors (Lipinski definition) is 1. The Kier molecular flexibility index (Phi) is 5.36. The van der Waals surface area contributed by atoms with Crippen LogP contribution in [0.25, 0.3) is 0 Å². The summed E-state index contributed by atoms with van der Waals surface area (Å²) in [6.45, 7) is 4.02. The van der Waals surface area contributed by atoms with E-state index in [2.05, 4.69) is 0 Å². The molecule has 1 N–H and O–H groups in total. The van der Waals surface area contributed by atoms with Crippen LogP contribution in [0.5, 0.6) is 0 Å². The molecule has 0 saturated carbocycles. The highest BCUT2D eigenvalue weighted by atomic mass is 19.1. The lowest BCUT2D eigenvalue weighted by Crippen LogP contribution is -3.10. The minimum absolute atomic E-state index is 0.270. The van der Waals surface area contributed by atoms with Crippen molar-refractivity contribution in [3.63, 3.8) is 0 Å². The van der Waals surface area contributed by atoms with Gasteiger partial charge in [-0.15, -0.1) is 0 Å². The Labute approximate surface area is 135 Å². The molecule has 1 aliphatic rings. The lowest BCUT2D eigenvalue weighted by molar-refractivity contribution is -0.887. The van der Waals surface area contributed by atoms with E-state index in [1.165, 1.54) is 50.2 Å². The number of ether oxygens (including phenoxy) is 1. The molecule has 0 unspecified atom stereocenters. The molecule has 0 radical (unpaired) electrons. The van der Waals surface area contributed by atoms with Gasteiger partial charge in [0.1, 0.15) is 24.3 Å². The van der Waals surface area contributed by atoms with Crippen molar-refractivity contribution in [3.8, 4) is 0 Å². The third-order valence-electron chi connectivity index (χ3n) is 4.40. The highest BCUT2D eigenvalue weighted by molar-refractivity contribution is 5.30. The molecule has 0 amide bonds. The predicted molar refractivity (Wildman–Crippen MR) is 85.4 cm³/mol. The van der Waals surface area contributed by atoms with Crippen LogP contribution in [0.4, 0.5) is 8.78 Å². The molecule has 0 spiro atoms. The third-order valence-corrected chi connectivity index (χ3v) is 4.40. The summed E-state index contributed by atoms with van der Waals surface area (Å²) < 4.78 is 32.4. The second kappa shape index (κ2) is 7.66. The molecule has 3 rings (SSSR count). The molecule has 2 nitrogen and oxygen atoms in total. The molecular formula is C19H22F2NO+. The Morgan fingerprint density at radius 3 is 1.78 bits per heavy atom. The molecule has 2 aromatic rings. The summed E-state index contributed by atoms with van der Waals surface area (Å²) in [5.74, 6) is -0.541. The second-order valence-electron chi connectivity index (χ2n) is 6.06. The standard InChI is InChI=1S/C19H21F2NO/c20-17-7-3-15(4-8-17)19(16-5-9-18(21)10-6-16)23-14-13-22-11-1-2-12-22/h3-10,19H,1-2,11-14H2/p+1. The number of halogens is 2. The van der Waals surface area contributed by atoms with Crippen LogP contribution in [0, 0.1) is 11.6 Å². The molecule has 0 bridgehead atoms. The highest BCUT2D eigenvalue weighted by Gasteiger charge is 2.18. The molecule has 1 aliphatic heterocycles. The van der Waals surface area contributed by atoms with Crippen LogP contribution in [-0.4, -0.2) is 26.2 Å². The molecule has 1 saturated heterocycles. The van der Waals surface area contributed by atoms with Gasteiger partial charge in [0.25, 0.3) is 0 Å². The van der Waals surface area contributed by atoms with E-state index in [9.17, 15) is 8.78 Å². The normalized spacial score (nSPS) is 15.4. The van der Waals surface area contributed by atoms with Crippen LogP contribution in [0.15, 0.2) is 48.5 Å². The van der Waals surface area contributed by atoms with Gasteiger partial charge in [-0.05, 0) is 35.4 Å². The van der Waals surface area contributed by atoms with Gasteiger partial charge in [0.05, 0.1) is 19.7 Å². The SMILES string of the molecule is Fc1ccc(C(OCC[NH+]2CCCC2)c2ccc(F)cc2)cc1. The molecule has 1 heterocycles. The van der Waals surface area contributed by atoms with Crippen molar-refractivity contribution in [1.29, 1.82) is 0 Å². The largest absolute Gasteiger partial charge is 0.363 e. The highest BCUT2D eigenvalue weighted by Crippen LogP contribution is 2.26. The lowest BCUT2D eigenvalue weighted by Gasteiger charge is -2.20. The van der Waals surface area contributed by atoms with Crippen molar-refractivity contribution in [2.45, 2.75) is 18.9 Å². The molecule has 4 heteroatoms. The van der Waals surface area contributed by atoms with E-state index < -0.39 is 0 Å². The van der Waals surface area contributed by atoms with Gasteiger partial charge in [0.15, 0.2) is 0 Å². The van der Waals surface area contributed by atoms with E-state index in [0.29, 0.717) is 6.61 Å². The lowest BCUT2D eigenvalue weighted by atomic mass is 10.0. The Morgan fingerprint density at radius 1 is 0.826 bits per heavy atom. The fourth-order valence-corrected chi connectivity index (χ4v) is 3.11. The first-order valence-corrected chi connectivity index (χ1v) is 8.18. The number of quaternary nitrogens is 1. The fraction of sp³-hybridized carbons (Fsp3) is 0.368. The minimum Gasteiger partial charge on any atom is -0.363 e. The van der Waals surface area contributed by atoms with Gasteiger partial charge in [-0.1, -0.05) is 24.3 Å². The van der Waals surface area contributed by atoms with Crippen LogP contribution >= 0.6 is 0 Å². The summed E-state index contributed by atoms with van der Waals surface area (Å²) in [6, 6.07) is 12.6. The zero-order chi connectivity index (χ0) is 16.1. The average Bonchev–Trinajstić information content (AvgIpc) is 3.07. The van der Waals surface area contributed by atoms with E-state index in [1.807, 2.05) is 0 Å². The summed E-state index contributed by atoms with van der Waals surface area (Å²) in [4.78, 5) is 1.57. The first kappa shape index (κ1) is 16.1. The molecule has 0 aliphatic carbocycles. The summed E-state index contributed by atoms with van der Waals surface area (Å²) in [6.07, 6.45) is 2.28. The molecular weight excluding hydrogens is 296 g/mol. The van der Waals surface area contributed by atoms with Crippen molar-refractivity contribution in [2.75, 3.05) is 26.2 Å². The topological polar surface area (TPSA) is 13.7 Å². The maximum absolute atomic E-state index is 13.2. The van der Waals surface area contributed by atoms with Gasteiger partial charge in [-0.3, -0.25) is 0 Å². The zero-order valence-electron chi connectivity index (χ0n) is 13.1. The average molecular weight is 318 g/mol. The maximum Gasteiger partial charge on any atom is 0.123 e. The van der Waals surface area contributed by atoms with Crippen molar-refractivity contribution >= 4 is 0 Å². The van der Waals surface area contributed by atoms with Crippen molar-refractivity contribution in [1.82, 2.24) is 0 Å². The Morgan fingerprint density at radius 2 is 1.30 bits per heavy atom. The number of likely N-dealkylation sites (tertiary alicyclic amines) is 1. The summed E-state index contributed by atoms with van der Waals surface area (Å²) in [5, 5.41) is 0. The molecule has 2 aromatic carbocycles. The first-order chi connectivity index (χ1) is 11.2. The van der Waals surface area contributed by atoms with Gasteiger partial charge in [0, 0.05) is 12.8 Å². The van der Waals surface area contributed by atoms with Gasteiger partial charge >= 0.3 is 0 Å². The Hall–Kier alpha value is -1.78. The van der Waals surface area contributed by atoms with E-state index in [4.69, 9.17) is 4.74 Å². The second-order valence-corrected chi connectivity index (χ2v) is 6.06. The summed E-state index contributed by atoms with van der Waals surface area (Å²) >= 11 is 0. The van der Waals surface area contributed by atoms with Crippen molar-refractivity contribution in [2.24, 2.45) is 0 Å². The zero-order valence-corrected chi connectivity index (χ0v) is 13.1. The van der Waals surface area contributed by atoms with E-state index >= 15 is 0 Å². The number of benzene rings is 2. The molecule has 23 heavy (non-hydrogen) atoms. The van der Waals surface area contributed by atoms with E-state index in [1.54, 1.807) is 29.2 Å². The molecule has 0 aromatic heterocycles. The van der Waals surface area contributed by atoms with Gasteiger partial charge in [-0.25, -0.2) is 8.78 Å². The fourth-order valence-electron chi connectivity index (χ4n) is 3.11. The van der Waals surface area contributed by atoms with Gasteiger partial charge in [-0.2, -0.15) is 0 Å². The maximum atomic E-state index is 13.2. The van der Waals surface area contributed by atoms with Gasteiger partial charge < -0.3 is 9.64 Å². The van der Waals surface area contributed by atoms with Crippen LogP contribution in [0.2, 0.25) is 0 Å². The van der Waals surface area contributed by atoms with Crippen LogP contribution in [-0.2, 0) is 4.74 Å². The van der Waals surface area contributed by atoms with E-state index in [-0.39, 0.29) is 17.7 Å². The quantitative estimate of drug-likeness (QED) is 0.865. The Balaban J connectivity index is 1.72. The van der Waals surface area contributed by atoms with Crippen LogP contribution < -0.4 is 4.90 Å². The summed E-state index contributed by atoms with van der Waals surface area (Å²) in [5.41, 5.74) is 1.77. The Bertz CT molecular complexity index is 561. The molecule has 122 valence electrons. The minimum atomic E-state index is -0.293. The van der Waals surface area contributed by atoms with E-state index in [0.717, 1.165) is 17.7 Å². The van der Waals surface area contributed by atoms with Crippen molar-refractivity contribution in [3.05, 3.63) is 71.3 Å². The number of hydrogen-bond donors (Lipinski definition) is 1. The number of rotatable bonds is 6. The third kappa shape index (κ3) is 4.36. The number of nitrogens with one attached hydrogen (secondary N) is 1. The van der Waals surface area contributed by atoms with Gasteiger partial charge in [0.2, 0.25) is 0 Å².